The summed E-state index contributed by atoms with van der Waals surface area (Å²) in [5.74, 6) is -0.725. The van der Waals surface area contributed by atoms with Crippen LogP contribution in [0.15, 0.2) is 42.5 Å². The van der Waals surface area contributed by atoms with Gasteiger partial charge in [-0.05, 0) is 59.3 Å². The van der Waals surface area contributed by atoms with E-state index in [0.29, 0.717) is 5.56 Å². The topological polar surface area (TPSA) is 29.1 Å². The maximum atomic E-state index is 13.6. The summed E-state index contributed by atoms with van der Waals surface area (Å²) in [6, 6.07) is 11.9. The van der Waals surface area contributed by atoms with Crippen molar-refractivity contribution in [1.29, 1.82) is 0 Å². The van der Waals surface area contributed by atoms with Crippen LogP contribution >= 0.6 is 22.6 Å². The molecule has 0 spiro atoms. The van der Waals surface area contributed by atoms with E-state index in [2.05, 4.69) is 27.9 Å². The smallest absolute Gasteiger partial charge is 0.256 e. The van der Waals surface area contributed by atoms with Crippen LogP contribution in [-0.4, -0.2) is 5.91 Å². The molecule has 0 aromatic heterocycles. The maximum Gasteiger partial charge on any atom is 0.256 e. The summed E-state index contributed by atoms with van der Waals surface area (Å²) in [5, 5.41) is 2.58. The van der Waals surface area contributed by atoms with Gasteiger partial charge in [0, 0.05) is 3.57 Å². The predicted molar refractivity (Wildman–Crippen MR) is 78.2 cm³/mol. The number of hydrogen-bond donors (Lipinski definition) is 1. The minimum absolute atomic E-state index is 0.199. The van der Waals surface area contributed by atoms with Crippen molar-refractivity contribution in [3.63, 3.8) is 0 Å². The SMILES string of the molecule is Cc1ccc(NC(=O)c2ccccc2I)c(F)c1. The predicted octanol–water partition coefficient (Wildman–Crippen LogP) is 3.99. The summed E-state index contributed by atoms with van der Waals surface area (Å²) in [6.45, 7) is 1.80. The van der Waals surface area contributed by atoms with E-state index >= 15 is 0 Å². The lowest BCUT2D eigenvalue weighted by Crippen LogP contribution is -2.14. The van der Waals surface area contributed by atoms with Crippen molar-refractivity contribution >= 4 is 34.2 Å². The number of benzene rings is 2. The van der Waals surface area contributed by atoms with Gasteiger partial charge >= 0.3 is 0 Å². The zero-order chi connectivity index (χ0) is 13.1. The molecule has 1 N–H and O–H groups in total. The van der Waals surface area contributed by atoms with Crippen LogP contribution < -0.4 is 5.32 Å². The molecule has 0 aliphatic carbocycles. The highest BCUT2D eigenvalue weighted by atomic mass is 127. The van der Waals surface area contributed by atoms with E-state index < -0.39 is 5.82 Å². The third-order valence-electron chi connectivity index (χ3n) is 2.49. The Bertz CT molecular complexity index is 598. The number of aryl methyl sites for hydroxylation is 1. The third kappa shape index (κ3) is 2.87. The number of nitrogens with one attached hydrogen (secondary N) is 1. The molecule has 0 heterocycles. The fourth-order valence-electron chi connectivity index (χ4n) is 1.56. The zero-order valence-corrected chi connectivity index (χ0v) is 11.9. The van der Waals surface area contributed by atoms with Crippen LogP contribution in [0, 0.1) is 16.3 Å². The Balaban J connectivity index is 2.24. The van der Waals surface area contributed by atoms with Gasteiger partial charge < -0.3 is 5.32 Å². The van der Waals surface area contributed by atoms with Gasteiger partial charge in [-0.15, -0.1) is 0 Å². The summed E-state index contributed by atoms with van der Waals surface area (Å²) >= 11 is 2.08. The maximum absolute atomic E-state index is 13.6. The lowest BCUT2D eigenvalue weighted by Gasteiger charge is -2.08. The van der Waals surface area contributed by atoms with Crippen molar-refractivity contribution in [1.82, 2.24) is 0 Å². The van der Waals surface area contributed by atoms with Crippen LogP contribution in [0.25, 0.3) is 0 Å². The van der Waals surface area contributed by atoms with Crippen LogP contribution in [0.4, 0.5) is 10.1 Å². The molecule has 92 valence electrons. The summed E-state index contributed by atoms with van der Waals surface area (Å²) in [7, 11) is 0. The van der Waals surface area contributed by atoms with Crippen molar-refractivity contribution in [2.75, 3.05) is 5.32 Å². The molecule has 0 aliphatic heterocycles. The van der Waals surface area contributed by atoms with Crippen LogP contribution in [0.1, 0.15) is 15.9 Å². The first-order valence-corrected chi connectivity index (χ1v) is 6.48. The molecule has 2 rings (SSSR count). The minimum Gasteiger partial charge on any atom is -0.319 e. The average Bonchev–Trinajstić information content (AvgIpc) is 2.33. The van der Waals surface area contributed by atoms with Crippen LogP contribution in [-0.2, 0) is 0 Å². The van der Waals surface area contributed by atoms with Crippen molar-refractivity contribution in [3.05, 3.63) is 63.0 Å². The fraction of sp³-hybridized carbons (Fsp3) is 0.0714. The molecule has 2 nitrogen and oxygen atoms in total. The number of carbonyl (C=O) groups excluding carboxylic acids is 1. The molecule has 0 fully saturated rings. The second kappa shape index (κ2) is 5.48. The molecule has 0 saturated carbocycles. The summed E-state index contributed by atoms with van der Waals surface area (Å²) < 4.78 is 14.4. The van der Waals surface area contributed by atoms with E-state index in [9.17, 15) is 9.18 Å². The number of carbonyl (C=O) groups is 1. The molecular formula is C14H11FINO. The minimum atomic E-state index is -0.422. The third-order valence-corrected chi connectivity index (χ3v) is 3.43. The molecule has 1 amide bonds. The second-order valence-corrected chi connectivity index (χ2v) is 5.08. The van der Waals surface area contributed by atoms with Gasteiger partial charge in [-0.3, -0.25) is 4.79 Å². The highest BCUT2D eigenvalue weighted by molar-refractivity contribution is 14.1. The van der Waals surface area contributed by atoms with E-state index in [0.717, 1.165) is 9.13 Å². The van der Waals surface area contributed by atoms with Crippen molar-refractivity contribution in [2.45, 2.75) is 6.92 Å². The highest BCUT2D eigenvalue weighted by Crippen LogP contribution is 2.18. The van der Waals surface area contributed by atoms with Gasteiger partial charge in [0.15, 0.2) is 0 Å². The zero-order valence-electron chi connectivity index (χ0n) is 9.71. The molecule has 2 aromatic carbocycles. The van der Waals surface area contributed by atoms with Gasteiger partial charge in [-0.25, -0.2) is 4.39 Å². The first-order valence-electron chi connectivity index (χ1n) is 5.40. The number of amides is 1. The molecule has 0 saturated heterocycles. The number of rotatable bonds is 2. The molecule has 18 heavy (non-hydrogen) atoms. The summed E-state index contributed by atoms with van der Waals surface area (Å²) in [4.78, 5) is 12.0. The normalized spacial score (nSPS) is 10.2. The summed E-state index contributed by atoms with van der Waals surface area (Å²) in [6.07, 6.45) is 0. The molecule has 0 atom stereocenters. The first kappa shape index (κ1) is 13.0. The standard InChI is InChI=1S/C14H11FINO/c1-9-6-7-13(11(15)8-9)17-14(18)10-4-2-3-5-12(10)16/h2-8H,1H3,(H,17,18). The highest BCUT2D eigenvalue weighted by Gasteiger charge is 2.11. The van der Waals surface area contributed by atoms with E-state index in [4.69, 9.17) is 0 Å². The van der Waals surface area contributed by atoms with Gasteiger partial charge in [0.05, 0.1) is 11.3 Å². The van der Waals surface area contributed by atoms with E-state index in [-0.39, 0.29) is 11.6 Å². The van der Waals surface area contributed by atoms with Gasteiger partial charge in [0.1, 0.15) is 5.82 Å². The molecule has 2 aromatic rings. The second-order valence-electron chi connectivity index (χ2n) is 3.92. The Morgan fingerprint density at radius 1 is 1.22 bits per heavy atom. The largest absolute Gasteiger partial charge is 0.319 e. The van der Waals surface area contributed by atoms with Crippen LogP contribution in [0.5, 0.6) is 0 Å². The lowest BCUT2D eigenvalue weighted by atomic mass is 10.2. The quantitative estimate of drug-likeness (QED) is 0.811. The Morgan fingerprint density at radius 2 is 1.94 bits per heavy atom. The van der Waals surface area contributed by atoms with Crippen molar-refractivity contribution in [2.24, 2.45) is 0 Å². The van der Waals surface area contributed by atoms with Gasteiger partial charge in [-0.2, -0.15) is 0 Å². The van der Waals surface area contributed by atoms with E-state index in [1.807, 2.05) is 12.1 Å². The lowest BCUT2D eigenvalue weighted by molar-refractivity contribution is 0.102. The van der Waals surface area contributed by atoms with Gasteiger partial charge in [0.25, 0.3) is 5.91 Å². The van der Waals surface area contributed by atoms with E-state index in [1.54, 1.807) is 31.2 Å². The average molecular weight is 355 g/mol. The van der Waals surface area contributed by atoms with Crippen molar-refractivity contribution < 1.29 is 9.18 Å². The monoisotopic (exact) mass is 355 g/mol. The molecule has 0 bridgehead atoms. The molecule has 0 unspecified atom stereocenters. The molecule has 4 heteroatoms. The number of hydrogen-bond acceptors (Lipinski definition) is 1. The van der Waals surface area contributed by atoms with E-state index in [1.165, 1.54) is 6.07 Å². The summed E-state index contributed by atoms with van der Waals surface area (Å²) in [5.41, 5.74) is 1.56. The molecular weight excluding hydrogens is 344 g/mol. The van der Waals surface area contributed by atoms with Gasteiger partial charge in [0.2, 0.25) is 0 Å². The number of halogens is 2. The van der Waals surface area contributed by atoms with Crippen LogP contribution in [0.2, 0.25) is 0 Å². The molecule has 0 radical (unpaired) electrons. The number of anilines is 1. The van der Waals surface area contributed by atoms with Crippen molar-refractivity contribution in [3.8, 4) is 0 Å². The van der Waals surface area contributed by atoms with Gasteiger partial charge in [-0.1, -0.05) is 18.2 Å². The Morgan fingerprint density at radius 3 is 2.61 bits per heavy atom. The first-order chi connectivity index (χ1) is 8.58. The fourth-order valence-corrected chi connectivity index (χ4v) is 2.19. The molecule has 0 aliphatic rings. The Hall–Kier alpha value is -1.43. The Labute approximate surface area is 118 Å². The Kier molecular flexibility index (Phi) is 3.96. The van der Waals surface area contributed by atoms with Crippen LogP contribution in [0.3, 0.4) is 0 Å².